The minimum Gasteiger partial charge on any atom is -0.508 e. The number of hydrogen-bond acceptors (Lipinski definition) is 4. The molecule has 0 aliphatic heterocycles. The highest BCUT2D eigenvalue weighted by atomic mass is 16.3. The van der Waals surface area contributed by atoms with Gasteiger partial charge in [-0.15, -0.1) is 0 Å². The van der Waals surface area contributed by atoms with Gasteiger partial charge in [0.05, 0.1) is 0 Å². The summed E-state index contributed by atoms with van der Waals surface area (Å²) in [6.07, 6.45) is 0. The highest BCUT2D eigenvalue weighted by Gasteiger charge is 2.19. The highest BCUT2D eigenvalue weighted by molar-refractivity contribution is 5.87. The molecule has 0 heterocycles. The van der Waals surface area contributed by atoms with Crippen molar-refractivity contribution < 1.29 is 14.7 Å². The van der Waals surface area contributed by atoms with E-state index >= 15 is 0 Å². The fourth-order valence-electron chi connectivity index (χ4n) is 1.73. The number of amides is 2. The molecule has 0 aliphatic carbocycles. The van der Waals surface area contributed by atoms with Crippen LogP contribution in [0, 0.1) is 0 Å². The van der Waals surface area contributed by atoms with E-state index in [0.717, 1.165) is 5.56 Å². The maximum atomic E-state index is 12.1. The smallest absolute Gasteiger partial charge is 0.244 e. The zero-order valence-electron chi connectivity index (χ0n) is 12.0. The maximum absolute atomic E-state index is 12.1. The van der Waals surface area contributed by atoms with E-state index in [1.807, 2.05) is 19.0 Å². The molecule has 20 heavy (non-hydrogen) atoms. The monoisotopic (exact) mass is 279 g/mol. The molecule has 6 heteroatoms. The van der Waals surface area contributed by atoms with Crippen molar-refractivity contribution in [3.05, 3.63) is 29.8 Å². The molecule has 1 rings (SSSR count). The van der Waals surface area contributed by atoms with E-state index in [0.29, 0.717) is 13.1 Å². The van der Waals surface area contributed by atoms with Crippen LogP contribution >= 0.6 is 0 Å². The Morgan fingerprint density at radius 1 is 1.25 bits per heavy atom. The van der Waals surface area contributed by atoms with Crippen LogP contribution in [0.1, 0.15) is 12.5 Å². The number of rotatable bonds is 6. The van der Waals surface area contributed by atoms with Crippen LogP contribution in [0.15, 0.2) is 24.3 Å². The molecule has 0 aliphatic rings. The number of benzene rings is 1. The van der Waals surface area contributed by atoms with Crippen molar-refractivity contribution in [1.82, 2.24) is 15.5 Å². The third-order valence-electron chi connectivity index (χ3n) is 2.64. The Kier molecular flexibility index (Phi) is 5.99. The number of phenolic OH excluding ortho intramolecular Hbond substituents is 1. The fraction of sp³-hybridized carbons (Fsp3) is 0.429. The molecule has 2 amide bonds. The van der Waals surface area contributed by atoms with Crippen molar-refractivity contribution >= 4 is 11.8 Å². The van der Waals surface area contributed by atoms with Crippen LogP contribution in [0.5, 0.6) is 5.75 Å². The van der Waals surface area contributed by atoms with E-state index in [9.17, 15) is 14.7 Å². The molecule has 0 aromatic heterocycles. The second-order valence-electron chi connectivity index (χ2n) is 4.90. The Morgan fingerprint density at radius 2 is 1.85 bits per heavy atom. The topological polar surface area (TPSA) is 81.7 Å². The molecule has 0 saturated heterocycles. The Hall–Kier alpha value is -2.08. The van der Waals surface area contributed by atoms with Gasteiger partial charge < -0.3 is 20.6 Å². The summed E-state index contributed by atoms with van der Waals surface area (Å²) in [4.78, 5) is 25.0. The summed E-state index contributed by atoms with van der Waals surface area (Å²) in [6.45, 7) is 2.17. The summed E-state index contributed by atoms with van der Waals surface area (Å²) in [6, 6.07) is 6.00. The number of carbonyl (C=O) groups is 2. The predicted octanol–water partition coefficient (Wildman–Crippen LogP) is 0.0747. The molecule has 6 nitrogen and oxygen atoms in total. The highest BCUT2D eigenvalue weighted by Crippen LogP contribution is 2.09. The fourth-order valence-corrected chi connectivity index (χ4v) is 1.73. The standard InChI is InChI=1S/C14H21N3O3/c1-10(18)16-13(9-17(2)3)14(20)15-8-11-4-6-12(19)7-5-11/h4-7,13,19H,8-9H2,1-3H3,(H,15,20)(H,16,18). The number of nitrogens with zero attached hydrogens (tertiary/aromatic N) is 1. The minimum atomic E-state index is -0.584. The maximum Gasteiger partial charge on any atom is 0.244 e. The van der Waals surface area contributed by atoms with Gasteiger partial charge in [-0.2, -0.15) is 0 Å². The van der Waals surface area contributed by atoms with Crippen LogP contribution in [0.25, 0.3) is 0 Å². The van der Waals surface area contributed by atoms with Crippen molar-refractivity contribution in [1.29, 1.82) is 0 Å². The number of nitrogens with one attached hydrogen (secondary N) is 2. The zero-order chi connectivity index (χ0) is 15.1. The minimum absolute atomic E-state index is 0.184. The molecule has 0 fully saturated rings. The van der Waals surface area contributed by atoms with Crippen molar-refractivity contribution in [3.8, 4) is 5.75 Å². The van der Waals surface area contributed by atoms with E-state index in [-0.39, 0.29) is 17.6 Å². The Balaban J connectivity index is 2.56. The second-order valence-corrected chi connectivity index (χ2v) is 4.90. The number of aromatic hydroxyl groups is 1. The average molecular weight is 279 g/mol. The van der Waals surface area contributed by atoms with E-state index in [2.05, 4.69) is 10.6 Å². The Bertz CT molecular complexity index is 457. The number of phenols is 1. The molecule has 0 saturated carbocycles. The van der Waals surface area contributed by atoms with Gasteiger partial charge in [-0.3, -0.25) is 9.59 Å². The van der Waals surface area contributed by atoms with Gasteiger partial charge in [-0.25, -0.2) is 0 Å². The first-order valence-corrected chi connectivity index (χ1v) is 6.36. The summed E-state index contributed by atoms with van der Waals surface area (Å²) in [7, 11) is 3.67. The van der Waals surface area contributed by atoms with E-state index in [1.165, 1.54) is 6.92 Å². The van der Waals surface area contributed by atoms with Gasteiger partial charge in [-0.1, -0.05) is 12.1 Å². The quantitative estimate of drug-likeness (QED) is 0.688. The van der Waals surface area contributed by atoms with E-state index < -0.39 is 6.04 Å². The van der Waals surface area contributed by atoms with Crippen LogP contribution < -0.4 is 10.6 Å². The molecule has 3 N–H and O–H groups in total. The molecule has 0 bridgehead atoms. The predicted molar refractivity (Wildman–Crippen MR) is 76.1 cm³/mol. The van der Waals surface area contributed by atoms with Crippen molar-refractivity contribution in [2.45, 2.75) is 19.5 Å². The number of likely N-dealkylation sites (N-methyl/N-ethyl adjacent to an activating group) is 1. The van der Waals surface area contributed by atoms with Crippen LogP contribution in [0.4, 0.5) is 0 Å². The van der Waals surface area contributed by atoms with Crippen LogP contribution in [0.2, 0.25) is 0 Å². The number of hydrogen-bond donors (Lipinski definition) is 3. The summed E-state index contributed by atoms with van der Waals surface area (Å²) >= 11 is 0. The Labute approximate surface area is 118 Å². The molecule has 0 spiro atoms. The lowest BCUT2D eigenvalue weighted by atomic mass is 10.2. The Morgan fingerprint density at radius 3 is 2.35 bits per heavy atom. The van der Waals surface area contributed by atoms with Gasteiger partial charge in [-0.05, 0) is 31.8 Å². The van der Waals surface area contributed by atoms with Crippen molar-refractivity contribution in [2.75, 3.05) is 20.6 Å². The summed E-state index contributed by atoms with van der Waals surface area (Å²) in [5.41, 5.74) is 0.877. The van der Waals surface area contributed by atoms with Gasteiger partial charge in [0.15, 0.2) is 0 Å². The number of carbonyl (C=O) groups excluding carboxylic acids is 2. The molecule has 0 radical (unpaired) electrons. The third kappa shape index (κ3) is 5.71. The van der Waals surface area contributed by atoms with Gasteiger partial charge in [0.2, 0.25) is 11.8 Å². The molecule has 1 aromatic carbocycles. The molecule has 1 unspecified atom stereocenters. The van der Waals surface area contributed by atoms with E-state index in [4.69, 9.17) is 0 Å². The molecule has 110 valence electrons. The molecule has 1 aromatic rings. The normalized spacial score (nSPS) is 12.0. The summed E-state index contributed by atoms with van der Waals surface area (Å²) < 4.78 is 0. The lowest BCUT2D eigenvalue weighted by molar-refractivity contribution is -0.128. The molecular weight excluding hydrogens is 258 g/mol. The largest absolute Gasteiger partial charge is 0.508 e. The van der Waals surface area contributed by atoms with Crippen molar-refractivity contribution in [2.24, 2.45) is 0 Å². The first kappa shape index (κ1) is 16.0. The van der Waals surface area contributed by atoms with Gasteiger partial charge in [0.1, 0.15) is 11.8 Å². The lowest BCUT2D eigenvalue weighted by Gasteiger charge is -2.21. The average Bonchev–Trinajstić information content (AvgIpc) is 2.36. The van der Waals surface area contributed by atoms with Crippen molar-refractivity contribution in [3.63, 3.8) is 0 Å². The second kappa shape index (κ2) is 7.49. The first-order chi connectivity index (χ1) is 9.38. The zero-order valence-corrected chi connectivity index (χ0v) is 12.0. The first-order valence-electron chi connectivity index (χ1n) is 6.36. The molecular formula is C14H21N3O3. The molecule has 1 atom stereocenters. The SMILES string of the molecule is CC(=O)NC(CN(C)C)C(=O)NCc1ccc(O)cc1. The van der Waals surface area contributed by atoms with Crippen LogP contribution in [0.3, 0.4) is 0 Å². The summed E-state index contributed by atoms with van der Waals surface area (Å²) in [5.74, 6) is -0.289. The van der Waals surface area contributed by atoms with Crippen LogP contribution in [-0.4, -0.2) is 48.5 Å². The van der Waals surface area contributed by atoms with Crippen LogP contribution in [-0.2, 0) is 16.1 Å². The summed E-state index contributed by atoms with van der Waals surface area (Å²) in [5, 5.41) is 14.6. The van der Waals surface area contributed by atoms with Gasteiger partial charge in [0.25, 0.3) is 0 Å². The van der Waals surface area contributed by atoms with E-state index in [1.54, 1.807) is 24.3 Å². The van der Waals surface area contributed by atoms with Gasteiger partial charge in [0, 0.05) is 20.0 Å². The lowest BCUT2D eigenvalue weighted by Crippen LogP contribution is -2.50. The van der Waals surface area contributed by atoms with Gasteiger partial charge >= 0.3 is 0 Å². The third-order valence-corrected chi connectivity index (χ3v) is 2.64.